The summed E-state index contributed by atoms with van der Waals surface area (Å²) in [5.41, 5.74) is 5.46. The van der Waals surface area contributed by atoms with Crippen molar-refractivity contribution in [1.82, 2.24) is 14.9 Å². The molecule has 0 spiro atoms. The number of aromatic nitrogens is 2. The molecule has 4 N–H and O–H groups in total. The average Bonchev–Trinajstić information content (AvgIpc) is 2.75. The molecule has 0 radical (unpaired) electrons. The molecule has 2 heterocycles. The molecule has 2 rings (SSSR count). The van der Waals surface area contributed by atoms with Gasteiger partial charge in [0.25, 0.3) is 0 Å². The number of nitrogen functional groups attached to an aromatic ring is 1. The van der Waals surface area contributed by atoms with Crippen LogP contribution in [-0.2, 0) is 10.0 Å². The maximum atomic E-state index is 11.8. The number of rotatable bonds is 3. The Morgan fingerprint density at radius 2 is 2.47 bits per heavy atom. The quantitative estimate of drug-likeness (QED) is 0.686. The molecular formula is C7H12N4O2S2. The molecule has 84 valence electrons. The van der Waals surface area contributed by atoms with Gasteiger partial charge in [-0.2, -0.15) is 16.9 Å². The molecule has 1 saturated heterocycles. The van der Waals surface area contributed by atoms with Crippen molar-refractivity contribution >= 4 is 27.6 Å². The molecule has 15 heavy (non-hydrogen) atoms. The molecule has 1 aromatic heterocycles. The maximum absolute atomic E-state index is 11.8. The Morgan fingerprint density at radius 1 is 1.67 bits per heavy atom. The zero-order valence-corrected chi connectivity index (χ0v) is 9.57. The molecule has 1 fully saturated rings. The number of sulfonamides is 1. The molecule has 0 aliphatic carbocycles. The van der Waals surface area contributed by atoms with Gasteiger partial charge >= 0.3 is 0 Å². The lowest BCUT2D eigenvalue weighted by Gasteiger charge is -2.10. The highest BCUT2D eigenvalue weighted by atomic mass is 32.2. The van der Waals surface area contributed by atoms with Gasteiger partial charge in [0, 0.05) is 11.8 Å². The third-order valence-electron chi connectivity index (χ3n) is 2.17. The fourth-order valence-corrected chi connectivity index (χ4v) is 3.96. The SMILES string of the molecule is Nc1[nH]ncc1S(=O)(=O)NC1CCSC1. The molecule has 0 saturated carbocycles. The third-order valence-corrected chi connectivity index (χ3v) is 4.88. The summed E-state index contributed by atoms with van der Waals surface area (Å²) in [5, 5.41) is 5.99. The van der Waals surface area contributed by atoms with Crippen molar-refractivity contribution in [3.05, 3.63) is 6.20 Å². The fourth-order valence-electron chi connectivity index (χ4n) is 1.41. The highest BCUT2D eigenvalue weighted by molar-refractivity contribution is 7.99. The first-order valence-corrected chi connectivity index (χ1v) is 7.12. The van der Waals surface area contributed by atoms with Crippen LogP contribution in [-0.4, -0.2) is 36.2 Å². The minimum absolute atomic E-state index is 0.00861. The van der Waals surface area contributed by atoms with Gasteiger partial charge in [0.15, 0.2) is 0 Å². The molecule has 1 unspecified atom stereocenters. The zero-order chi connectivity index (χ0) is 10.9. The Hall–Kier alpha value is -0.730. The van der Waals surface area contributed by atoms with Gasteiger partial charge in [-0.25, -0.2) is 13.1 Å². The second kappa shape index (κ2) is 4.03. The van der Waals surface area contributed by atoms with Gasteiger partial charge in [-0.3, -0.25) is 5.10 Å². The summed E-state index contributed by atoms with van der Waals surface area (Å²) >= 11 is 1.74. The highest BCUT2D eigenvalue weighted by Crippen LogP contribution is 2.20. The van der Waals surface area contributed by atoms with Crippen molar-refractivity contribution < 1.29 is 8.42 Å². The van der Waals surface area contributed by atoms with Crippen molar-refractivity contribution in [2.24, 2.45) is 0 Å². The van der Waals surface area contributed by atoms with Crippen LogP contribution in [0.1, 0.15) is 6.42 Å². The lowest BCUT2D eigenvalue weighted by atomic mass is 10.3. The largest absolute Gasteiger partial charge is 0.383 e. The number of H-pyrrole nitrogens is 1. The molecular weight excluding hydrogens is 236 g/mol. The van der Waals surface area contributed by atoms with Crippen LogP contribution < -0.4 is 10.5 Å². The maximum Gasteiger partial charge on any atom is 0.246 e. The van der Waals surface area contributed by atoms with E-state index >= 15 is 0 Å². The van der Waals surface area contributed by atoms with Crippen molar-refractivity contribution in [1.29, 1.82) is 0 Å². The molecule has 0 bridgehead atoms. The minimum atomic E-state index is -3.51. The van der Waals surface area contributed by atoms with Crippen molar-refractivity contribution in [2.45, 2.75) is 17.4 Å². The number of anilines is 1. The van der Waals surface area contributed by atoms with Crippen molar-refractivity contribution in [3.63, 3.8) is 0 Å². The molecule has 1 aliphatic rings. The summed E-state index contributed by atoms with van der Waals surface area (Å²) in [4.78, 5) is 0.0272. The lowest BCUT2D eigenvalue weighted by Crippen LogP contribution is -2.34. The van der Waals surface area contributed by atoms with Gasteiger partial charge in [0.05, 0.1) is 6.20 Å². The standard InChI is InChI=1S/C7H12N4O2S2/c8-7-6(3-9-10-7)15(12,13)11-5-1-2-14-4-5/h3,5,11H,1-2,4H2,(H3,8,9,10). The van der Waals surface area contributed by atoms with E-state index in [1.54, 1.807) is 11.8 Å². The van der Waals surface area contributed by atoms with E-state index in [1.165, 1.54) is 6.20 Å². The van der Waals surface area contributed by atoms with Crippen LogP contribution in [0.2, 0.25) is 0 Å². The van der Waals surface area contributed by atoms with E-state index in [-0.39, 0.29) is 16.8 Å². The van der Waals surface area contributed by atoms with Crippen LogP contribution in [0.25, 0.3) is 0 Å². The minimum Gasteiger partial charge on any atom is -0.383 e. The van der Waals surface area contributed by atoms with Gasteiger partial charge in [0.2, 0.25) is 10.0 Å². The number of hydrogen-bond donors (Lipinski definition) is 3. The molecule has 0 amide bonds. The summed E-state index contributed by atoms with van der Waals surface area (Å²) < 4.78 is 26.2. The van der Waals surface area contributed by atoms with Gasteiger partial charge < -0.3 is 5.73 Å². The summed E-state index contributed by atoms with van der Waals surface area (Å²) in [7, 11) is -3.51. The Morgan fingerprint density at radius 3 is 3.00 bits per heavy atom. The van der Waals surface area contributed by atoms with E-state index in [4.69, 9.17) is 5.73 Å². The smallest absolute Gasteiger partial charge is 0.246 e. The summed E-state index contributed by atoms with van der Waals surface area (Å²) in [6, 6.07) is 0.00861. The number of thioether (sulfide) groups is 1. The molecule has 0 aromatic carbocycles. The van der Waals surface area contributed by atoms with E-state index in [9.17, 15) is 8.42 Å². The summed E-state index contributed by atoms with van der Waals surface area (Å²) in [5.74, 6) is 1.89. The van der Waals surface area contributed by atoms with Crippen LogP contribution in [0.4, 0.5) is 5.82 Å². The Bertz CT molecular complexity index is 436. The molecule has 6 nitrogen and oxygen atoms in total. The normalized spacial score (nSPS) is 22.0. The van der Waals surface area contributed by atoms with Crippen LogP contribution in [0, 0.1) is 0 Å². The zero-order valence-electron chi connectivity index (χ0n) is 7.93. The van der Waals surface area contributed by atoms with Crippen molar-refractivity contribution in [2.75, 3.05) is 17.2 Å². The predicted molar refractivity (Wildman–Crippen MR) is 59.1 cm³/mol. The van der Waals surface area contributed by atoms with Crippen molar-refractivity contribution in [3.8, 4) is 0 Å². The topological polar surface area (TPSA) is 101 Å². The van der Waals surface area contributed by atoms with Crippen LogP contribution >= 0.6 is 11.8 Å². The lowest BCUT2D eigenvalue weighted by molar-refractivity contribution is 0.563. The van der Waals surface area contributed by atoms with Gasteiger partial charge in [0.1, 0.15) is 10.7 Å². The monoisotopic (exact) mass is 248 g/mol. The fraction of sp³-hybridized carbons (Fsp3) is 0.571. The van der Waals surface area contributed by atoms with Crippen LogP contribution in [0.15, 0.2) is 11.1 Å². The number of hydrogen-bond acceptors (Lipinski definition) is 5. The Labute approximate surface area is 92.1 Å². The first-order chi connectivity index (χ1) is 7.09. The van der Waals surface area contributed by atoms with Crippen LogP contribution in [0.5, 0.6) is 0 Å². The Kier molecular flexibility index (Phi) is 2.89. The van der Waals surface area contributed by atoms with Gasteiger partial charge in [-0.1, -0.05) is 0 Å². The second-order valence-electron chi connectivity index (χ2n) is 3.33. The first kappa shape index (κ1) is 10.8. The van der Waals surface area contributed by atoms with E-state index in [0.29, 0.717) is 0 Å². The highest BCUT2D eigenvalue weighted by Gasteiger charge is 2.25. The predicted octanol–water partition coefficient (Wildman–Crippen LogP) is -0.224. The summed E-state index contributed by atoms with van der Waals surface area (Å²) in [6.07, 6.45) is 2.08. The van der Waals surface area contributed by atoms with Gasteiger partial charge in [-0.05, 0) is 12.2 Å². The van der Waals surface area contributed by atoms with Gasteiger partial charge in [-0.15, -0.1) is 0 Å². The number of nitrogens with zero attached hydrogens (tertiary/aromatic N) is 1. The number of nitrogens with one attached hydrogen (secondary N) is 2. The molecule has 8 heteroatoms. The van der Waals surface area contributed by atoms with E-state index in [1.807, 2.05) is 0 Å². The number of aromatic amines is 1. The average molecular weight is 248 g/mol. The molecule has 1 aromatic rings. The van der Waals surface area contributed by atoms with E-state index in [0.717, 1.165) is 17.9 Å². The van der Waals surface area contributed by atoms with E-state index in [2.05, 4.69) is 14.9 Å². The molecule has 1 aliphatic heterocycles. The first-order valence-electron chi connectivity index (χ1n) is 4.48. The third kappa shape index (κ3) is 2.27. The van der Waals surface area contributed by atoms with Crippen LogP contribution in [0.3, 0.4) is 0 Å². The van der Waals surface area contributed by atoms with E-state index < -0.39 is 10.0 Å². The molecule has 1 atom stereocenters. The second-order valence-corrected chi connectivity index (χ2v) is 6.16. The Balaban J connectivity index is 2.16. The summed E-state index contributed by atoms with van der Waals surface area (Å²) in [6.45, 7) is 0. The number of nitrogens with two attached hydrogens (primary N) is 1.